The minimum Gasteiger partial charge on any atom is -1.00 e. The third kappa shape index (κ3) is 2.65. The van der Waals surface area contributed by atoms with Crippen molar-refractivity contribution < 1.29 is 17.0 Å². The third-order valence-corrected chi connectivity index (χ3v) is 4.17. The van der Waals surface area contributed by atoms with Crippen molar-refractivity contribution in [3.05, 3.63) is 44.9 Å². The van der Waals surface area contributed by atoms with Crippen LogP contribution in [0.15, 0.2) is 23.7 Å². The molecule has 92 valence electrons. The topological polar surface area (TPSA) is 3.88 Å². The van der Waals surface area contributed by atoms with E-state index in [2.05, 4.69) is 36.9 Å². The highest BCUT2D eigenvalue weighted by Crippen LogP contribution is 2.23. The van der Waals surface area contributed by atoms with Gasteiger partial charge in [-0.05, 0) is 19.4 Å². The van der Waals surface area contributed by atoms with E-state index in [1.807, 2.05) is 12.1 Å². The van der Waals surface area contributed by atoms with Crippen LogP contribution in [0.5, 0.6) is 0 Å². The average molecular weight is 288 g/mol. The molecule has 0 fully saturated rings. The maximum atomic E-state index is 6.31. The van der Waals surface area contributed by atoms with E-state index in [1.54, 1.807) is 11.3 Å². The minimum absolute atomic E-state index is 0. The molecule has 0 aliphatic carbocycles. The first-order chi connectivity index (χ1) is 7.65. The Kier molecular flexibility index (Phi) is 4.99. The van der Waals surface area contributed by atoms with Crippen molar-refractivity contribution >= 4 is 22.9 Å². The van der Waals surface area contributed by atoms with Gasteiger partial charge in [0.1, 0.15) is 5.02 Å². The van der Waals surface area contributed by atoms with Crippen LogP contribution < -0.4 is 17.0 Å². The highest BCUT2D eigenvalue weighted by Gasteiger charge is 2.21. The van der Waals surface area contributed by atoms with E-state index in [9.17, 15) is 0 Å². The van der Waals surface area contributed by atoms with E-state index in [-0.39, 0.29) is 12.4 Å². The van der Waals surface area contributed by atoms with Crippen molar-refractivity contribution in [3.8, 4) is 5.69 Å². The molecule has 0 amide bonds. The Morgan fingerprint density at radius 1 is 1.29 bits per heavy atom. The zero-order valence-electron chi connectivity index (χ0n) is 10.1. The molecule has 0 bridgehead atoms. The number of nitrogens with zero attached hydrogens (tertiary/aromatic N) is 1. The number of aromatic nitrogens is 1. The zero-order valence-corrected chi connectivity index (χ0v) is 12.5. The summed E-state index contributed by atoms with van der Waals surface area (Å²) in [4.78, 5) is 1.34. The van der Waals surface area contributed by atoms with Gasteiger partial charge in [-0.25, -0.2) is 0 Å². The second-order valence-corrected chi connectivity index (χ2v) is 5.30. The molecule has 1 nitrogen and oxygen atoms in total. The van der Waals surface area contributed by atoms with E-state index in [4.69, 9.17) is 11.6 Å². The first kappa shape index (κ1) is 14.5. The Bertz CT molecular complexity index is 520. The molecule has 2 aromatic rings. The molecule has 0 radical (unpaired) electrons. The predicted molar refractivity (Wildman–Crippen MR) is 69.7 cm³/mol. The number of aryl methyl sites for hydroxylation is 2. The summed E-state index contributed by atoms with van der Waals surface area (Å²) in [6, 6.07) is 6.11. The molecular weight excluding hydrogens is 273 g/mol. The fourth-order valence-corrected chi connectivity index (χ4v) is 2.88. The van der Waals surface area contributed by atoms with E-state index >= 15 is 0 Å². The van der Waals surface area contributed by atoms with Crippen LogP contribution >= 0.6 is 22.9 Å². The molecule has 1 aromatic carbocycles. The van der Waals surface area contributed by atoms with Crippen LogP contribution in [0.2, 0.25) is 5.02 Å². The van der Waals surface area contributed by atoms with E-state index in [0.717, 1.165) is 17.1 Å². The Hall–Kier alpha value is -0.570. The van der Waals surface area contributed by atoms with Gasteiger partial charge in [0.2, 0.25) is 11.2 Å². The lowest BCUT2D eigenvalue weighted by Gasteiger charge is -2.03. The number of rotatable bonds is 2. The molecular formula is C13H15Cl2NS. The number of para-hydroxylation sites is 1. The van der Waals surface area contributed by atoms with Crippen LogP contribution in [0.3, 0.4) is 0 Å². The van der Waals surface area contributed by atoms with Gasteiger partial charge in [0.25, 0.3) is 0 Å². The SMILES string of the molecule is CCc1cccc(Cl)c1-[n+]1csc(C)c1C.[Cl-]. The predicted octanol–water partition coefficient (Wildman–Crippen LogP) is 0.861. The monoisotopic (exact) mass is 287 g/mol. The molecule has 0 saturated heterocycles. The van der Waals surface area contributed by atoms with Gasteiger partial charge in [0.05, 0.1) is 4.88 Å². The fourth-order valence-electron chi connectivity index (χ4n) is 1.80. The lowest BCUT2D eigenvalue weighted by molar-refractivity contribution is -0.597. The van der Waals surface area contributed by atoms with Crippen molar-refractivity contribution in [2.45, 2.75) is 27.2 Å². The Labute approximate surface area is 117 Å². The van der Waals surface area contributed by atoms with Gasteiger partial charge < -0.3 is 12.4 Å². The molecule has 0 spiro atoms. The summed E-state index contributed by atoms with van der Waals surface area (Å²) in [6.07, 6.45) is 0.997. The van der Waals surface area contributed by atoms with Crippen LogP contribution in [0.4, 0.5) is 0 Å². The largest absolute Gasteiger partial charge is 1.00 e. The van der Waals surface area contributed by atoms with Crippen LogP contribution in [-0.4, -0.2) is 0 Å². The molecule has 0 saturated carbocycles. The van der Waals surface area contributed by atoms with Crippen molar-refractivity contribution in [1.82, 2.24) is 0 Å². The fraction of sp³-hybridized carbons (Fsp3) is 0.308. The summed E-state index contributed by atoms with van der Waals surface area (Å²) in [7, 11) is 0. The van der Waals surface area contributed by atoms with Crippen LogP contribution in [0.1, 0.15) is 23.1 Å². The zero-order chi connectivity index (χ0) is 11.7. The van der Waals surface area contributed by atoms with Crippen molar-refractivity contribution in [2.24, 2.45) is 0 Å². The number of hydrogen-bond donors (Lipinski definition) is 0. The molecule has 1 heterocycles. The first-order valence-electron chi connectivity index (χ1n) is 5.39. The summed E-state index contributed by atoms with van der Waals surface area (Å²) >= 11 is 8.07. The molecule has 0 atom stereocenters. The van der Waals surface area contributed by atoms with Crippen molar-refractivity contribution in [1.29, 1.82) is 0 Å². The van der Waals surface area contributed by atoms with Crippen molar-refractivity contribution in [2.75, 3.05) is 0 Å². The summed E-state index contributed by atoms with van der Waals surface area (Å²) in [5.74, 6) is 0. The molecule has 2 rings (SSSR count). The summed E-state index contributed by atoms with van der Waals surface area (Å²) in [5.41, 5.74) is 5.82. The molecule has 17 heavy (non-hydrogen) atoms. The van der Waals surface area contributed by atoms with E-state index < -0.39 is 0 Å². The Balaban J connectivity index is 0.00000144. The lowest BCUT2D eigenvalue weighted by Crippen LogP contribution is -3.00. The van der Waals surface area contributed by atoms with Crippen molar-refractivity contribution in [3.63, 3.8) is 0 Å². The van der Waals surface area contributed by atoms with Gasteiger partial charge in [-0.1, -0.05) is 42.0 Å². The maximum absolute atomic E-state index is 6.31. The summed E-state index contributed by atoms with van der Waals surface area (Å²) in [6.45, 7) is 6.43. The average Bonchev–Trinajstić information content (AvgIpc) is 2.60. The van der Waals surface area contributed by atoms with E-state index in [0.29, 0.717) is 0 Å². The van der Waals surface area contributed by atoms with E-state index in [1.165, 1.54) is 16.1 Å². The maximum Gasteiger partial charge on any atom is 0.233 e. The smallest absolute Gasteiger partial charge is 0.233 e. The minimum atomic E-state index is 0. The van der Waals surface area contributed by atoms with Gasteiger partial charge in [-0.15, -0.1) is 0 Å². The number of benzene rings is 1. The molecule has 0 unspecified atom stereocenters. The highest BCUT2D eigenvalue weighted by molar-refractivity contribution is 7.09. The number of thiazole rings is 1. The van der Waals surface area contributed by atoms with Gasteiger partial charge in [0, 0.05) is 12.5 Å². The third-order valence-electron chi connectivity index (χ3n) is 2.90. The Morgan fingerprint density at radius 3 is 2.53 bits per heavy atom. The van der Waals surface area contributed by atoms with Crippen LogP contribution in [0, 0.1) is 13.8 Å². The Morgan fingerprint density at radius 2 is 2.00 bits per heavy atom. The molecule has 1 aromatic heterocycles. The van der Waals surface area contributed by atoms with Gasteiger partial charge >= 0.3 is 0 Å². The summed E-state index contributed by atoms with van der Waals surface area (Å²) in [5, 5.41) is 0.824. The van der Waals surface area contributed by atoms with Gasteiger partial charge in [-0.3, -0.25) is 0 Å². The first-order valence-corrected chi connectivity index (χ1v) is 6.65. The van der Waals surface area contributed by atoms with Gasteiger partial charge in [-0.2, -0.15) is 4.57 Å². The second-order valence-electron chi connectivity index (χ2n) is 3.84. The number of hydrogen-bond acceptors (Lipinski definition) is 1. The van der Waals surface area contributed by atoms with Crippen LogP contribution in [-0.2, 0) is 6.42 Å². The second kappa shape index (κ2) is 5.85. The summed E-state index contributed by atoms with van der Waals surface area (Å²) < 4.78 is 2.20. The quantitative estimate of drug-likeness (QED) is 0.722. The van der Waals surface area contributed by atoms with Crippen LogP contribution in [0.25, 0.3) is 5.69 Å². The molecule has 0 aliphatic rings. The lowest BCUT2D eigenvalue weighted by atomic mass is 10.1. The molecule has 0 aliphatic heterocycles. The molecule has 4 heteroatoms. The standard InChI is InChI=1S/C13H15ClNS.ClH/c1-4-11-6-5-7-12(14)13(11)15-8-16-10(3)9(15)2;/h5-8H,4H2,1-3H3;1H/q+1;/p-1. The normalized spacial score (nSPS) is 10.1. The highest BCUT2D eigenvalue weighted by atomic mass is 35.5. The number of halogens is 2. The van der Waals surface area contributed by atoms with Gasteiger partial charge in [0.15, 0.2) is 5.69 Å². The molecule has 0 N–H and O–H groups in total.